The minimum Gasteiger partial charge on any atom is -0.504 e. The van der Waals surface area contributed by atoms with Gasteiger partial charge in [-0.25, -0.2) is 0 Å². The molecule has 4 nitrogen and oxygen atoms in total. The molecule has 1 rings (SSSR count). The van der Waals surface area contributed by atoms with E-state index in [1.165, 1.54) is 13.2 Å². The Morgan fingerprint density at radius 2 is 2.18 bits per heavy atom. The Morgan fingerprint density at radius 1 is 1.45 bits per heavy atom. The van der Waals surface area contributed by atoms with E-state index in [9.17, 15) is 0 Å². The number of rotatable bonds is 2. The average Bonchev–Trinajstić information content (AvgIpc) is 2.04. The van der Waals surface area contributed by atoms with Crippen LogP contribution in [0.4, 0.5) is 0 Å². The van der Waals surface area contributed by atoms with E-state index in [2.05, 4.69) is 4.84 Å². The molecule has 60 valence electrons. The third kappa shape index (κ3) is 1.35. The topological polar surface area (TPSA) is 64.7 Å². The van der Waals surface area contributed by atoms with Gasteiger partial charge in [-0.15, -0.1) is 0 Å². The SMILES string of the molecule is COc1c(O)cccc1ON. The van der Waals surface area contributed by atoms with Crippen LogP contribution in [0.25, 0.3) is 0 Å². The molecule has 0 bridgehead atoms. The maximum Gasteiger partial charge on any atom is 0.205 e. The van der Waals surface area contributed by atoms with Crippen molar-refractivity contribution in [2.24, 2.45) is 5.90 Å². The number of aromatic hydroxyl groups is 1. The third-order valence-electron chi connectivity index (χ3n) is 1.29. The largest absolute Gasteiger partial charge is 0.504 e. The van der Waals surface area contributed by atoms with Gasteiger partial charge in [-0.2, -0.15) is 5.90 Å². The van der Waals surface area contributed by atoms with Gasteiger partial charge >= 0.3 is 0 Å². The lowest BCUT2D eigenvalue weighted by atomic mass is 10.3. The van der Waals surface area contributed by atoms with E-state index >= 15 is 0 Å². The molecule has 0 aromatic heterocycles. The Morgan fingerprint density at radius 3 is 2.64 bits per heavy atom. The summed E-state index contributed by atoms with van der Waals surface area (Å²) in [4.78, 5) is 4.43. The van der Waals surface area contributed by atoms with Crippen molar-refractivity contribution in [1.82, 2.24) is 0 Å². The van der Waals surface area contributed by atoms with Gasteiger partial charge in [-0.05, 0) is 12.1 Å². The fraction of sp³-hybridized carbons (Fsp3) is 0.143. The number of phenolic OH excluding ortho intramolecular Hbond substituents is 1. The molecule has 4 heteroatoms. The lowest BCUT2D eigenvalue weighted by molar-refractivity contribution is 0.296. The molecule has 0 amide bonds. The Labute approximate surface area is 64.1 Å². The molecule has 0 saturated heterocycles. The number of benzene rings is 1. The van der Waals surface area contributed by atoms with Crippen LogP contribution in [0, 0.1) is 0 Å². The molecule has 1 aromatic carbocycles. The summed E-state index contributed by atoms with van der Waals surface area (Å²) in [5.41, 5.74) is 0. The van der Waals surface area contributed by atoms with E-state index in [4.69, 9.17) is 15.7 Å². The van der Waals surface area contributed by atoms with E-state index in [-0.39, 0.29) is 11.5 Å². The third-order valence-corrected chi connectivity index (χ3v) is 1.29. The normalized spacial score (nSPS) is 9.27. The first kappa shape index (κ1) is 7.68. The minimum atomic E-state index is 0.00968. The Balaban J connectivity index is 3.13. The zero-order valence-electron chi connectivity index (χ0n) is 6.07. The summed E-state index contributed by atoms with van der Waals surface area (Å²) in [5.74, 6) is 5.47. The number of hydrogen-bond donors (Lipinski definition) is 2. The first-order valence-corrected chi connectivity index (χ1v) is 3.02. The van der Waals surface area contributed by atoms with Crippen molar-refractivity contribution in [1.29, 1.82) is 0 Å². The maximum atomic E-state index is 9.16. The molecule has 1 aromatic rings. The molecule has 0 spiro atoms. The first-order chi connectivity index (χ1) is 5.29. The molecule has 0 aliphatic rings. The predicted octanol–water partition coefficient (Wildman–Crippen LogP) is 0.653. The zero-order valence-corrected chi connectivity index (χ0v) is 6.07. The molecule has 3 N–H and O–H groups in total. The first-order valence-electron chi connectivity index (χ1n) is 3.02. The van der Waals surface area contributed by atoms with Crippen LogP contribution < -0.4 is 15.5 Å². The summed E-state index contributed by atoms with van der Waals surface area (Å²) in [7, 11) is 1.43. The second-order valence-electron chi connectivity index (χ2n) is 1.93. The van der Waals surface area contributed by atoms with Crippen LogP contribution >= 0.6 is 0 Å². The van der Waals surface area contributed by atoms with Gasteiger partial charge in [-0.3, -0.25) is 0 Å². The lowest BCUT2D eigenvalue weighted by Gasteiger charge is -2.06. The second-order valence-corrected chi connectivity index (χ2v) is 1.93. The molecule has 0 saturated carbocycles. The van der Waals surface area contributed by atoms with Crippen LogP contribution in [0.1, 0.15) is 0 Å². The Hall–Kier alpha value is -1.42. The molecule has 0 atom stereocenters. The summed E-state index contributed by atoms with van der Waals surface area (Å²) >= 11 is 0. The van der Waals surface area contributed by atoms with E-state index in [0.29, 0.717) is 5.75 Å². The summed E-state index contributed by atoms with van der Waals surface area (Å²) in [6.45, 7) is 0. The van der Waals surface area contributed by atoms with Crippen LogP contribution in [0.2, 0.25) is 0 Å². The highest BCUT2D eigenvalue weighted by molar-refractivity contribution is 5.49. The van der Waals surface area contributed by atoms with E-state index in [1.807, 2.05) is 0 Å². The van der Waals surface area contributed by atoms with Gasteiger partial charge in [-0.1, -0.05) is 6.07 Å². The fourth-order valence-electron chi connectivity index (χ4n) is 0.802. The van der Waals surface area contributed by atoms with Crippen molar-refractivity contribution in [2.45, 2.75) is 0 Å². The quantitative estimate of drug-likeness (QED) is 0.615. The highest BCUT2D eigenvalue weighted by Gasteiger charge is 2.07. The van der Waals surface area contributed by atoms with Gasteiger partial charge < -0.3 is 14.7 Å². The smallest absolute Gasteiger partial charge is 0.205 e. The standard InChI is InChI=1S/C7H9NO3/c1-10-7-5(9)3-2-4-6(7)11-8/h2-4,9H,8H2,1H3. The lowest BCUT2D eigenvalue weighted by Crippen LogP contribution is -2.03. The number of nitrogens with two attached hydrogens (primary N) is 1. The summed E-state index contributed by atoms with van der Waals surface area (Å²) in [5, 5.41) is 9.16. The van der Waals surface area contributed by atoms with E-state index < -0.39 is 0 Å². The molecule has 0 radical (unpaired) electrons. The van der Waals surface area contributed by atoms with Gasteiger partial charge in [0.1, 0.15) is 0 Å². The highest BCUT2D eigenvalue weighted by Crippen LogP contribution is 2.34. The molecular formula is C7H9NO3. The van der Waals surface area contributed by atoms with Gasteiger partial charge in [0.25, 0.3) is 0 Å². The highest BCUT2D eigenvalue weighted by atomic mass is 16.6. The molecule has 0 aliphatic heterocycles. The molecule has 0 heterocycles. The van der Waals surface area contributed by atoms with Crippen LogP contribution in [-0.4, -0.2) is 12.2 Å². The van der Waals surface area contributed by atoms with Crippen molar-refractivity contribution in [3.63, 3.8) is 0 Å². The summed E-state index contributed by atoms with van der Waals surface area (Å²) < 4.78 is 4.81. The Bertz CT molecular complexity index is 249. The Kier molecular flexibility index (Phi) is 2.18. The van der Waals surface area contributed by atoms with Crippen molar-refractivity contribution in [2.75, 3.05) is 7.11 Å². The molecule has 11 heavy (non-hydrogen) atoms. The van der Waals surface area contributed by atoms with Crippen molar-refractivity contribution in [3.05, 3.63) is 18.2 Å². The van der Waals surface area contributed by atoms with Crippen molar-refractivity contribution in [3.8, 4) is 17.2 Å². The van der Waals surface area contributed by atoms with Gasteiger partial charge in [0.05, 0.1) is 7.11 Å². The zero-order chi connectivity index (χ0) is 8.27. The van der Waals surface area contributed by atoms with Crippen molar-refractivity contribution >= 4 is 0 Å². The fourth-order valence-corrected chi connectivity index (χ4v) is 0.802. The van der Waals surface area contributed by atoms with E-state index in [0.717, 1.165) is 0 Å². The van der Waals surface area contributed by atoms with E-state index in [1.54, 1.807) is 12.1 Å². The predicted molar refractivity (Wildman–Crippen MR) is 39.5 cm³/mol. The minimum absolute atomic E-state index is 0.00968. The van der Waals surface area contributed by atoms with Crippen LogP contribution in [0.15, 0.2) is 18.2 Å². The van der Waals surface area contributed by atoms with Crippen LogP contribution in [0.3, 0.4) is 0 Å². The summed E-state index contributed by atoms with van der Waals surface area (Å²) in [6, 6.07) is 4.69. The van der Waals surface area contributed by atoms with Gasteiger partial charge in [0, 0.05) is 0 Å². The molecule has 0 unspecified atom stereocenters. The molecule has 0 fully saturated rings. The number of para-hydroxylation sites is 1. The maximum absolute atomic E-state index is 9.16. The average molecular weight is 155 g/mol. The van der Waals surface area contributed by atoms with Crippen LogP contribution in [0.5, 0.6) is 17.2 Å². The number of phenols is 1. The number of methoxy groups -OCH3 is 1. The summed E-state index contributed by atoms with van der Waals surface area (Å²) in [6.07, 6.45) is 0. The second kappa shape index (κ2) is 3.12. The van der Waals surface area contributed by atoms with Crippen LogP contribution in [-0.2, 0) is 0 Å². The number of ether oxygens (including phenoxy) is 1. The monoisotopic (exact) mass is 155 g/mol. The van der Waals surface area contributed by atoms with Gasteiger partial charge in [0.15, 0.2) is 11.5 Å². The van der Waals surface area contributed by atoms with Crippen molar-refractivity contribution < 1.29 is 14.7 Å². The molecule has 0 aliphatic carbocycles. The number of hydrogen-bond acceptors (Lipinski definition) is 4. The van der Waals surface area contributed by atoms with Gasteiger partial charge in [0.2, 0.25) is 5.75 Å². The molecular weight excluding hydrogens is 146 g/mol.